The molecule has 1 aromatic rings. The summed E-state index contributed by atoms with van der Waals surface area (Å²) in [6, 6.07) is 6.46. The molecule has 6 heteroatoms. The highest BCUT2D eigenvalue weighted by Gasteiger charge is 2.21. The highest BCUT2D eigenvalue weighted by Crippen LogP contribution is 2.18. The molecule has 1 fully saturated rings. The second-order valence-corrected chi connectivity index (χ2v) is 7.64. The lowest BCUT2D eigenvalue weighted by molar-refractivity contribution is 0.199. The van der Waals surface area contributed by atoms with Crippen LogP contribution < -0.4 is 4.72 Å². The number of hydrogen-bond donors (Lipinski definition) is 2. The topological polar surface area (TPSA) is 69.6 Å². The van der Waals surface area contributed by atoms with E-state index >= 15 is 0 Å². The quantitative estimate of drug-likeness (QED) is 0.861. The highest BCUT2D eigenvalue weighted by molar-refractivity contribution is 7.89. The number of likely N-dealkylation sites (tertiary alicyclic amines) is 1. The third-order valence-electron chi connectivity index (χ3n) is 3.93. The second-order valence-electron chi connectivity index (χ2n) is 5.87. The molecule has 1 aliphatic rings. The highest BCUT2D eigenvalue weighted by atomic mass is 32.2. The molecule has 21 heavy (non-hydrogen) atoms. The van der Waals surface area contributed by atoms with Gasteiger partial charge in [-0.15, -0.1) is 0 Å². The summed E-state index contributed by atoms with van der Waals surface area (Å²) in [5, 5.41) is 9.56. The summed E-state index contributed by atoms with van der Waals surface area (Å²) in [7, 11) is -1.45. The van der Waals surface area contributed by atoms with Gasteiger partial charge in [-0.1, -0.05) is 12.1 Å². The Hall–Kier alpha value is -0.950. The molecular weight excluding hydrogens is 288 g/mol. The number of aliphatic hydroxyl groups is 1. The lowest BCUT2D eigenvalue weighted by Gasteiger charge is -2.29. The number of nitrogens with zero attached hydrogens (tertiary/aromatic N) is 1. The van der Waals surface area contributed by atoms with E-state index in [0.29, 0.717) is 18.0 Å². The average molecular weight is 312 g/mol. The Balaban J connectivity index is 2.03. The Morgan fingerprint density at radius 2 is 2.24 bits per heavy atom. The third-order valence-corrected chi connectivity index (χ3v) is 5.36. The van der Waals surface area contributed by atoms with Crippen LogP contribution in [0.1, 0.15) is 31.4 Å². The summed E-state index contributed by atoms with van der Waals surface area (Å²) >= 11 is 0. The molecule has 0 aliphatic carbocycles. The van der Waals surface area contributed by atoms with Crippen molar-refractivity contribution in [3.8, 4) is 0 Å². The first kappa shape index (κ1) is 16.4. The van der Waals surface area contributed by atoms with Gasteiger partial charge < -0.3 is 10.0 Å². The van der Waals surface area contributed by atoms with Crippen molar-refractivity contribution < 1.29 is 13.5 Å². The van der Waals surface area contributed by atoms with Gasteiger partial charge in [0.05, 0.1) is 11.0 Å². The normalized spacial score (nSPS) is 22.1. The molecule has 2 unspecified atom stereocenters. The van der Waals surface area contributed by atoms with Crippen molar-refractivity contribution in [2.24, 2.45) is 5.92 Å². The summed E-state index contributed by atoms with van der Waals surface area (Å²) in [4.78, 5) is 2.45. The standard InChI is InChI=1S/C15H24N2O3S/c1-12(18)14-6-3-7-15(9-14)21(19,20)16-10-13-5-4-8-17(2)11-13/h3,6-7,9,12-13,16,18H,4-5,8,10-11H2,1-2H3. The lowest BCUT2D eigenvalue weighted by Crippen LogP contribution is -2.39. The van der Waals surface area contributed by atoms with Crippen LogP contribution in [0.15, 0.2) is 29.2 Å². The van der Waals surface area contributed by atoms with Gasteiger partial charge in [0.15, 0.2) is 0 Å². The SMILES string of the molecule is CC(O)c1cccc(S(=O)(=O)NCC2CCCN(C)C2)c1. The van der Waals surface area contributed by atoms with E-state index < -0.39 is 16.1 Å². The first-order valence-electron chi connectivity index (χ1n) is 7.35. The van der Waals surface area contributed by atoms with Gasteiger partial charge in [0.1, 0.15) is 0 Å². The Labute approximate surface area is 127 Å². The number of benzene rings is 1. The zero-order chi connectivity index (χ0) is 15.5. The largest absolute Gasteiger partial charge is 0.389 e. The minimum atomic E-state index is -3.51. The number of hydrogen-bond acceptors (Lipinski definition) is 4. The minimum Gasteiger partial charge on any atom is -0.389 e. The van der Waals surface area contributed by atoms with E-state index in [-0.39, 0.29) is 4.90 Å². The van der Waals surface area contributed by atoms with Crippen molar-refractivity contribution in [2.75, 3.05) is 26.7 Å². The van der Waals surface area contributed by atoms with Crippen molar-refractivity contribution in [2.45, 2.75) is 30.8 Å². The number of aliphatic hydroxyl groups excluding tert-OH is 1. The van der Waals surface area contributed by atoms with E-state index in [1.54, 1.807) is 25.1 Å². The van der Waals surface area contributed by atoms with E-state index in [4.69, 9.17) is 0 Å². The molecule has 0 saturated carbocycles. The molecule has 1 heterocycles. The van der Waals surface area contributed by atoms with Crippen LogP contribution in [0.4, 0.5) is 0 Å². The van der Waals surface area contributed by atoms with Crippen LogP contribution in [-0.2, 0) is 10.0 Å². The summed E-state index contributed by atoms with van der Waals surface area (Å²) in [6.45, 7) is 4.10. The van der Waals surface area contributed by atoms with Crippen molar-refractivity contribution in [3.05, 3.63) is 29.8 Å². The van der Waals surface area contributed by atoms with Crippen molar-refractivity contribution in [1.82, 2.24) is 9.62 Å². The van der Waals surface area contributed by atoms with Gasteiger partial charge in [-0.25, -0.2) is 13.1 Å². The summed E-state index contributed by atoms with van der Waals surface area (Å²) < 4.78 is 27.3. The maximum absolute atomic E-state index is 12.3. The fourth-order valence-electron chi connectivity index (χ4n) is 2.69. The molecule has 1 aromatic carbocycles. The molecule has 118 valence electrons. The van der Waals surface area contributed by atoms with Gasteiger partial charge in [0, 0.05) is 13.1 Å². The van der Waals surface area contributed by atoms with E-state index in [2.05, 4.69) is 16.7 Å². The number of nitrogens with one attached hydrogen (secondary N) is 1. The molecule has 1 saturated heterocycles. The fourth-order valence-corrected chi connectivity index (χ4v) is 3.86. The summed E-state index contributed by atoms with van der Waals surface area (Å²) in [5.74, 6) is 0.360. The van der Waals surface area contributed by atoms with Crippen LogP contribution in [-0.4, -0.2) is 45.1 Å². The van der Waals surface area contributed by atoms with Gasteiger partial charge in [0.2, 0.25) is 10.0 Å². The molecule has 0 amide bonds. The first-order chi connectivity index (χ1) is 9.88. The average Bonchev–Trinajstić information content (AvgIpc) is 2.45. The van der Waals surface area contributed by atoms with Gasteiger partial charge in [-0.2, -0.15) is 0 Å². The predicted octanol–water partition coefficient (Wildman–Crippen LogP) is 1.36. The van der Waals surface area contributed by atoms with Crippen LogP contribution in [0.25, 0.3) is 0 Å². The van der Waals surface area contributed by atoms with Crippen molar-refractivity contribution >= 4 is 10.0 Å². The molecule has 0 aromatic heterocycles. The molecule has 2 N–H and O–H groups in total. The fraction of sp³-hybridized carbons (Fsp3) is 0.600. The van der Waals surface area contributed by atoms with E-state index in [1.165, 1.54) is 6.07 Å². The molecule has 2 rings (SSSR count). The van der Waals surface area contributed by atoms with Crippen LogP contribution in [0, 0.1) is 5.92 Å². The van der Waals surface area contributed by atoms with Gasteiger partial charge in [0.25, 0.3) is 0 Å². The lowest BCUT2D eigenvalue weighted by atomic mass is 9.99. The smallest absolute Gasteiger partial charge is 0.240 e. The molecular formula is C15H24N2O3S. The number of rotatable bonds is 5. The molecule has 0 bridgehead atoms. The second kappa shape index (κ2) is 6.87. The van der Waals surface area contributed by atoms with Crippen LogP contribution >= 0.6 is 0 Å². The number of sulfonamides is 1. The third kappa shape index (κ3) is 4.51. The summed E-state index contributed by atoms with van der Waals surface area (Å²) in [5.41, 5.74) is 0.607. The van der Waals surface area contributed by atoms with Crippen LogP contribution in [0.5, 0.6) is 0 Å². The van der Waals surface area contributed by atoms with Crippen molar-refractivity contribution in [1.29, 1.82) is 0 Å². The predicted molar refractivity (Wildman–Crippen MR) is 82.5 cm³/mol. The zero-order valence-corrected chi connectivity index (χ0v) is 13.4. The van der Waals surface area contributed by atoms with Gasteiger partial charge in [-0.05, 0) is 57.0 Å². The van der Waals surface area contributed by atoms with Crippen LogP contribution in [0.2, 0.25) is 0 Å². The zero-order valence-electron chi connectivity index (χ0n) is 12.6. The number of piperidine rings is 1. The van der Waals surface area contributed by atoms with E-state index in [1.807, 2.05) is 0 Å². The Morgan fingerprint density at radius 3 is 2.90 bits per heavy atom. The molecule has 0 radical (unpaired) electrons. The Bertz CT molecular complexity index is 572. The Morgan fingerprint density at radius 1 is 1.48 bits per heavy atom. The van der Waals surface area contributed by atoms with E-state index in [9.17, 15) is 13.5 Å². The molecule has 2 atom stereocenters. The van der Waals surface area contributed by atoms with Crippen LogP contribution in [0.3, 0.4) is 0 Å². The molecule has 5 nitrogen and oxygen atoms in total. The molecule has 0 spiro atoms. The van der Waals surface area contributed by atoms with Crippen molar-refractivity contribution in [3.63, 3.8) is 0 Å². The summed E-state index contributed by atoms with van der Waals surface area (Å²) in [6.07, 6.45) is 1.49. The van der Waals surface area contributed by atoms with Gasteiger partial charge in [-0.3, -0.25) is 0 Å². The molecule has 1 aliphatic heterocycles. The Kier molecular flexibility index (Phi) is 5.37. The van der Waals surface area contributed by atoms with E-state index in [0.717, 1.165) is 25.9 Å². The minimum absolute atomic E-state index is 0.213. The maximum atomic E-state index is 12.3. The van der Waals surface area contributed by atoms with Gasteiger partial charge >= 0.3 is 0 Å². The monoisotopic (exact) mass is 312 g/mol. The maximum Gasteiger partial charge on any atom is 0.240 e. The first-order valence-corrected chi connectivity index (χ1v) is 8.83.